The van der Waals surface area contributed by atoms with Gasteiger partial charge in [0.05, 0.1) is 0 Å². The molecule has 0 unspecified atom stereocenters. The zero-order valence-electron chi connectivity index (χ0n) is 15.2. The van der Waals surface area contributed by atoms with Crippen LogP contribution in [0.5, 0.6) is 0 Å². The summed E-state index contributed by atoms with van der Waals surface area (Å²) in [7, 11) is 0. The fourth-order valence-corrected chi connectivity index (χ4v) is 3.24. The predicted octanol–water partition coefficient (Wildman–Crippen LogP) is 3.56. The van der Waals surface area contributed by atoms with Crippen molar-refractivity contribution in [3.63, 3.8) is 0 Å². The van der Waals surface area contributed by atoms with E-state index in [1.807, 2.05) is 43.9 Å². The van der Waals surface area contributed by atoms with E-state index < -0.39 is 0 Å². The van der Waals surface area contributed by atoms with Gasteiger partial charge in [-0.15, -0.1) is 0 Å². The second kappa shape index (κ2) is 7.68. The minimum Gasteiger partial charge on any atom is -0.360 e. The highest BCUT2D eigenvalue weighted by atomic mass is 16.5. The molecule has 1 saturated heterocycles. The van der Waals surface area contributed by atoms with E-state index in [4.69, 9.17) is 4.52 Å². The van der Waals surface area contributed by atoms with Crippen molar-refractivity contribution >= 4 is 17.5 Å². The van der Waals surface area contributed by atoms with Crippen LogP contribution in [-0.4, -0.2) is 34.0 Å². The molecule has 0 spiro atoms. The Morgan fingerprint density at radius 2 is 2.08 bits per heavy atom. The lowest BCUT2D eigenvalue weighted by Gasteiger charge is -2.33. The van der Waals surface area contributed by atoms with Gasteiger partial charge in [-0.3, -0.25) is 4.79 Å². The first-order chi connectivity index (χ1) is 12.0. The number of nitrogens with zero attached hydrogens (tertiary/aromatic N) is 3. The van der Waals surface area contributed by atoms with Crippen LogP contribution in [0.3, 0.4) is 0 Å². The number of anilines is 2. The summed E-state index contributed by atoms with van der Waals surface area (Å²) in [5, 5.41) is 7.10. The zero-order valence-corrected chi connectivity index (χ0v) is 15.2. The van der Waals surface area contributed by atoms with Crippen molar-refractivity contribution in [2.45, 2.75) is 40.0 Å². The third-order valence-corrected chi connectivity index (χ3v) is 4.61. The number of piperidine rings is 1. The topological polar surface area (TPSA) is 71.3 Å². The van der Waals surface area contributed by atoms with Crippen LogP contribution >= 0.6 is 0 Å². The van der Waals surface area contributed by atoms with E-state index in [-0.39, 0.29) is 11.8 Å². The highest BCUT2D eigenvalue weighted by Crippen LogP contribution is 2.23. The van der Waals surface area contributed by atoms with E-state index in [0.717, 1.165) is 49.6 Å². The number of nitrogens with one attached hydrogen (secondary N) is 1. The number of aryl methyl sites for hydroxylation is 1. The number of carbonyl (C=O) groups is 1. The van der Waals surface area contributed by atoms with Gasteiger partial charge in [0.15, 0.2) is 5.82 Å². The van der Waals surface area contributed by atoms with Crippen molar-refractivity contribution in [3.8, 4) is 0 Å². The number of hydrogen-bond acceptors (Lipinski definition) is 5. The molecule has 6 nitrogen and oxygen atoms in total. The monoisotopic (exact) mass is 342 g/mol. The van der Waals surface area contributed by atoms with Gasteiger partial charge in [0, 0.05) is 30.8 Å². The van der Waals surface area contributed by atoms with Crippen LogP contribution in [0.1, 0.15) is 38.1 Å². The molecule has 0 radical (unpaired) electrons. The maximum Gasteiger partial charge on any atom is 0.225 e. The summed E-state index contributed by atoms with van der Waals surface area (Å²) >= 11 is 0. The quantitative estimate of drug-likeness (QED) is 0.899. The lowest BCUT2D eigenvalue weighted by molar-refractivity contribution is -0.135. The minimum atomic E-state index is 0.0844. The first-order valence-corrected chi connectivity index (χ1v) is 8.96. The Labute approximate surface area is 148 Å². The molecule has 134 valence electrons. The molecule has 0 aromatic carbocycles. The Kier molecular flexibility index (Phi) is 5.36. The summed E-state index contributed by atoms with van der Waals surface area (Å²) in [5.74, 6) is 3.14. The molecule has 1 aliphatic rings. The Hall–Kier alpha value is -2.37. The second-order valence-electron chi connectivity index (χ2n) is 7.09. The van der Waals surface area contributed by atoms with Crippen molar-refractivity contribution < 1.29 is 9.32 Å². The molecule has 0 aliphatic carbocycles. The third-order valence-electron chi connectivity index (χ3n) is 4.61. The first kappa shape index (κ1) is 17.5. The van der Waals surface area contributed by atoms with Gasteiger partial charge in [-0.25, -0.2) is 4.98 Å². The number of pyridine rings is 1. The number of rotatable bonds is 5. The first-order valence-electron chi connectivity index (χ1n) is 8.96. The van der Waals surface area contributed by atoms with Crippen LogP contribution in [-0.2, 0) is 11.2 Å². The molecule has 3 rings (SSSR count). The summed E-state index contributed by atoms with van der Waals surface area (Å²) in [5.41, 5.74) is 1.07. The molecule has 25 heavy (non-hydrogen) atoms. The Morgan fingerprint density at radius 3 is 2.72 bits per heavy atom. The molecule has 1 fully saturated rings. The SMILES string of the molecule is Cc1cc(Nc2cccc(CC3CCN(C(=O)C(C)C)CC3)n2)no1. The number of aromatic nitrogens is 2. The van der Waals surface area contributed by atoms with Gasteiger partial charge >= 0.3 is 0 Å². The van der Waals surface area contributed by atoms with E-state index in [2.05, 4.69) is 21.5 Å². The average molecular weight is 342 g/mol. The van der Waals surface area contributed by atoms with Gasteiger partial charge in [-0.1, -0.05) is 25.1 Å². The maximum absolute atomic E-state index is 12.1. The standard InChI is InChI=1S/C19H26N4O2/c1-13(2)19(24)23-9-7-15(8-10-23)12-16-5-4-6-17(20-16)21-18-11-14(3)25-22-18/h4-6,11,13,15H,7-10,12H2,1-3H3,(H,20,21,22). The van der Waals surface area contributed by atoms with E-state index in [0.29, 0.717) is 11.7 Å². The zero-order chi connectivity index (χ0) is 17.8. The fourth-order valence-electron chi connectivity index (χ4n) is 3.24. The molecule has 1 N–H and O–H groups in total. The van der Waals surface area contributed by atoms with Gasteiger partial charge < -0.3 is 14.7 Å². The highest BCUT2D eigenvalue weighted by molar-refractivity contribution is 5.78. The summed E-state index contributed by atoms with van der Waals surface area (Å²) in [6.45, 7) is 7.51. The average Bonchev–Trinajstić information content (AvgIpc) is 3.00. The van der Waals surface area contributed by atoms with Crippen LogP contribution in [0.25, 0.3) is 0 Å². The van der Waals surface area contributed by atoms with Gasteiger partial charge in [0.2, 0.25) is 5.91 Å². The van der Waals surface area contributed by atoms with E-state index in [9.17, 15) is 4.79 Å². The van der Waals surface area contributed by atoms with Gasteiger partial charge in [-0.05, 0) is 44.2 Å². The van der Waals surface area contributed by atoms with Gasteiger partial charge in [-0.2, -0.15) is 0 Å². The van der Waals surface area contributed by atoms with Crippen molar-refractivity contribution in [2.75, 3.05) is 18.4 Å². The molecule has 2 aromatic rings. The van der Waals surface area contributed by atoms with E-state index in [1.54, 1.807) is 0 Å². The minimum absolute atomic E-state index is 0.0844. The van der Waals surface area contributed by atoms with Crippen LogP contribution in [0.15, 0.2) is 28.8 Å². The Bertz CT molecular complexity index is 718. The lowest BCUT2D eigenvalue weighted by Crippen LogP contribution is -2.41. The van der Waals surface area contributed by atoms with Crippen LogP contribution in [0.4, 0.5) is 11.6 Å². The normalized spacial score (nSPS) is 15.6. The fraction of sp³-hybridized carbons (Fsp3) is 0.526. The van der Waals surface area contributed by atoms with Crippen LogP contribution < -0.4 is 5.32 Å². The molecule has 0 atom stereocenters. The van der Waals surface area contributed by atoms with Crippen LogP contribution in [0.2, 0.25) is 0 Å². The Morgan fingerprint density at radius 1 is 1.32 bits per heavy atom. The summed E-state index contributed by atoms with van der Waals surface area (Å²) in [4.78, 5) is 18.8. The number of hydrogen-bond donors (Lipinski definition) is 1. The maximum atomic E-state index is 12.1. The summed E-state index contributed by atoms with van der Waals surface area (Å²) in [6, 6.07) is 7.84. The molecule has 1 amide bonds. The summed E-state index contributed by atoms with van der Waals surface area (Å²) < 4.78 is 5.06. The highest BCUT2D eigenvalue weighted by Gasteiger charge is 2.24. The molecule has 3 heterocycles. The largest absolute Gasteiger partial charge is 0.360 e. The molecule has 6 heteroatoms. The molecular weight excluding hydrogens is 316 g/mol. The van der Waals surface area contributed by atoms with Gasteiger partial charge in [0.25, 0.3) is 0 Å². The number of carbonyl (C=O) groups excluding carboxylic acids is 1. The Balaban J connectivity index is 1.55. The van der Waals surface area contributed by atoms with Crippen molar-refractivity contribution in [2.24, 2.45) is 11.8 Å². The van der Waals surface area contributed by atoms with E-state index in [1.165, 1.54) is 0 Å². The molecule has 2 aromatic heterocycles. The molecular formula is C19H26N4O2. The van der Waals surface area contributed by atoms with Gasteiger partial charge in [0.1, 0.15) is 11.6 Å². The third kappa shape index (κ3) is 4.59. The van der Waals surface area contributed by atoms with Crippen molar-refractivity contribution in [1.29, 1.82) is 0 Å². The molecule has 0 bridgehead atoms. The second-order valence-corrected chi connectivity index (χ2v) is 7.09. The predicted molar refractivity (Wildman–Crippen MR) is 96.6 cm³/mol. The number of likely N-dealkylation sites (tertiary alicyclic amines) is 1. The number of amides is 1. The van der Waals surface area contributed by atoms with Crippen LogP contribution in [0, 0.1) is 18.8 Å². The summed E-state index contributed by atoms with van der Waals surface area (Å²) in [6.07, 6.45) is 3.03. The smallest absolute Gasteiger partial charge is 0.225 e. The van der Waals surface area contributed by atoms with E-state index >= 15 is 0 Å². The van der Waals surface area contributed by atoms with Crippen molar-refractivity contribution in [1.82, 2.24) is 15.0 Å². The van der Waals surface area contributed by atoms with Crippen molar-refractivity contribution in [3.05, 3.63) is 35.7 Å². The molecule has 0 saturated carbocycles. The lowest BCUT2D eigenvalue weighted by atomic mass is 9.91. The molecule has 1 aliphatic heterocycles.